The van der Waals surface area contributed by atoms with Crippen LogP contribution in [0, 0.1) is 6.92 Å². The van der Waals surface area contributed by atoms with E-state index in [0.29, 0.717) is 0 Å². The molecular formula is C62H56. The largest absolute Gasteiger partial charge is 0.0991 e. The fourth-order valence-corrected chi connectivity index (χ4v) is 9.92. The summed E-state index contributed by atoms with van der Waals surface area (Å²) in [6.45, 7) is 18.8. The Hall–Kier alpha value is -7.02. The first-order valence-corrected chi connectivity index (χ1v) is 22.0. The summed E-state index contributed by atoms with van der Waals surface area (Å²) in [5.41, 5.74) is 23.8. The van der Waals surface area contributed by atoms with Gasteiger partial charge < -0.3 is 0 Å². The third-order valence-corrected chi connectivity index (χ3v) is 12.6. The highest BCUT2D eigenvalue weighted by Crippen LogP contribution is 2.64. The molecule has 6 aromatic carbocycles. The van der Waals surface area contributed by atoms with Crippen LogP contribution in [0.3, 0.4) is 0 Å². The summed E-state index contributed by atoms with van der Waals surface area (Å²) in [4.78, 5) is 0. The molecule has 0 fully saturated rings. The summed E-state index contributed by atoms with van der Waals surface area (Å²) < 4.78 is 0. The Labute approximate surface area is 370 Å². The maximum Gasteiger partial charge on any atom is 0.0731 e. The van der Waals surface area contributed by atoms with Gasteiger partial charge in [-0.1, -0.05) is 221 Å². The molecule has 62 heavy (non-hydrogen) atoms. The molecule has 9 rings (SSSR count). The van der Waals surface area contributed by atoms with Crippen molar-refractivity contribution in [2.75, 3.05) is 0 Å². The van der Waals surface area contributed by atoms with Crippen molar-refractivity contribution in [3.05, 3.63) is 275 Å². The van der Waals surface area contributed by atoms with Gasteiger partial charge in [0.1, 0.15) is 0 Å². The molecule has 0 N–H and O–H groups in total. The smallest absolute Gasteiger partial charge is 0.0731 e. The van der Waals surface area contributed by atoms with E-state index in [0.717, 1.165) is 18.4 Å². The minimum absolute atomic E-state index is 0.464. The van der Waals surface area contributed by atoms with Gasteiger partial charge in [-0.3, -0.25) is 0 Å². The van der Waals surface area contributed by atoms with Crippen molar-refractivity contribution in [2.45, 2.75) is 52.9 Å². The lowest BCUT2D eigenvalue weighted by atomic mass is 9.67. The minimum atomic E-state index is -0.464. The maximum absolute atomic E-state index is 4.39. The Kier molecular flexibility index (Phi) is 12.3. The molecule has 3 aliphatic carbocycles. The second kappa shape index (κ2) is 18.3. The fraction of sp³-hybridized carbons (Fsp3) is 0.129. The summed E-state index contributed by atoms with van der Waals surface area (Å²) in [7, 11) is 0. The molecule has 0 heterocycles. The van der Waals surface area contributed by atoms with E-state index in [-0.39, 0.29) is 0 Å². The first-order chi connectivity index (χ1) is 30.4. The number of rotatable bonds is 8. The molecule has 0 saturated heterocycles. The number of aryl methyl sites for hydroxylation is 2. The van der Waals surface area contributed by atoms with Gasteiger partial charge in [-0.25, -0.2) is 0 Å². The Balaban J connectivity index is 0.000000300. The number of fused-ring (bicyclic) bond motifs is 8. The zero-order valence-electron chi connectivity index (χ0n) is 36.9. The summed E-state index contributed by atoms with van der Waals surface area (Å²) in [6, 6.07) is 51.4. The van der Waals surface area contributed by atoms with Crippen LogP contribution in [-0.2, 0) is 11.8 Å². The van der Waals surface area contributed by atoms with Gasteiger partial charge in [0.05, 0.1) is 5.41 Å². The molecule has 1 atom stereocenters. The Morgan fingerprint density at radius 2 is 1.26 bits per heavy atom. The average Bonchev–Trinajstić information content (AvgIpc) is 3.75. The molecule has 0 aromatic heterocycles. The second-order valence-electron chi connectivity index (χ2n) is 16.3. The highest BCUT2D eigenvalue weighted by Gasteiger charge is 2.53. The SMILES string of the molecule is C=C/C=C(C)\C(=C/C)c1ccccc1C.C=C1\C=C/C=C\C(=C/C2=C(\C=C\C)C3(c4ccccc42)c2ccccc2-c2cccc(-c4ccc(CCC)cc4)c23)c2ccccc21. The molecular weight excluding hydrogens is 745 g/mol. The molecule has 0 heteroatoms. The van der Waals surface area contributed by atoms with E-state index in [9.17, 15) is 0 Å². The number of hydrogen-bond acceptors (Lipinski definition) is 0. The third kappa shape index (κ3) is 7.41. The Morgan fingerprint density at radius 1 is 0.645 bits per heavy atom. The van der Waals surface area contributed by atoms with Crippen LogP contribution in [0.1, 0.15) is 84.2 Å². The van der Waals surface area contributed by atoms with Crippen molar-refractivity contribution in [3.63, 3.8) is 0 Å². The van der Waals surface area contributed by atoms with Gasteiger partial charge in [0.2, 0.25) is 0 Å². The number of hydrogen-bond donors (Lipinski definition) is 0. The van der Waals surface area contributed by atoms with Gasteiger partial charge in [-0.15, -0.1) is 0 Å². The van der Waals surface area contributed by atoms with E-state index in [1.54, 1.807) is 0 Å². The molecule has 1 spiro atoms. The summed E-state index contributed by atoms with van der Waals surface area (Å²) in [5.74, 6) is 0. The zero-order valence-corrected chi connectivity index (χ0v) is 36.9. The molecule has 0 aliphatic heterocycles. The lowest BCUT2D eigenvalue weighted by Gasteiger charge is -2.33. The zero-order chi connectivity index (χ0) is 43.2. The summed E-state index contributed by atoms with van der Waals surface area (Å²) >= 11 is 0. The number of benzene rings is 6. The quantitative estimate of drug-likeness (QED) is 0.135. The van der Waals surface area contributed by atoms with Crippen LogP contribution < -0.4 is 0 Å². The molecule has 0 bridgehead atoms. The van der Waals surface area contributed by atoms with E-state index in [1.165, 1.54) is 100 Å². The predicted molar refractivity (Wildman–Crippen MR) is 270 cm³/mol. The van der Waals surface area contributed by atoms with E-state index in [2.05, 4.69) is 236 Å². The monoisotopic (exact) mass is 800 g/mol. The highest BCUT2D eigenvalue weighted by molar-refractivity contribution is 6.03. The van der Waals surface area contributed by atoms with Gasteiger partial charge in [-0.05, 0) is 146 Å². The van der Waals surface area contributed by atoms with E-state index in [1.807, 2.05) is 12.2 Å². The summed E-state index contributed by atoms with van der Waals surface area (Å²) in [5, 5.41) is 0. The van der Waals surface area contributed by atoms with Crippen LogP contribution in [0.4, 0.5) is 0 Å². The lowest BCUT2D eigenvalue weighted by Crippen LogP contribution is -2.27. The number of allylic oxidation sites excluding steroid dienone is 16. The van der Waals surface area contributed by atoms with Crippen molar-refractivity contribution in [1.82, 2.24) is 0 Å². The second-order valence-corrected chi connectivity index (χ2v) is 16.3. The molecule has 304 valence electrons. The maximum atomic E-state index is 4.39. The Bertz CT molecular complexity index is 2910. The summed E-state index contributed by atoms with van der Waals surface area (Å²) in [6.07, 6.45) is 23.9. The Morgan fingerprint density at radius 3 is 1.95 bits per heavy atom. The van der Waals surface area contributed by atoms with Crippen LogP contribution in [0.15, 0.2) is 225 Å². The third-order valence-electron chi connectivity index (χ3n) is 12.6. The molecule has 0 amide bonds. The van der Waals surface area contributed by atoms with Gasteiger partial charge in [0.15, 0.2) is 0 Å². The molecule has 3 aliphatic rings. The molecule has 0 nitrogen and oxygen atoms in total. The van der Waals surface area contributed by atoms with Crippen molar-refractivity contribution < 1.29 is 0 Å². The lowest BCUT2D eigenvalue weighted by molar-refractivity contribution is 0.788. The fourth-order valence-electron chi connectivity index (χ4n) is 9.92. The van der Waals surface area contributed by atoms with Crippen molar-refractivity contribution in [2.24, 2.45) is 0 Å². The van der Waals surface area contributed by atoms with Gasteiger partial charge >= 0.3 is 0 Å². The normalized spacial score (nSPS) is 18.1. The van der Waals surface area contributed by atoms with Gasteiger partial charge in [-0.2, -0.15) is 0 Å². The first kappa shape index (κ1) is 41.7. The van der Waals surface area contributed by atoms with E-state index >= 15 is 0 Å². The van der Waals surface area contributed by atoms with Crippen LogP contribution in [0.25, 0.3) is 44.5 Å². The molecule has 1 unspecified atom stereocenters. The van der Waals surface area contributed by atoms with Crippen LogP contribution in [-0.4, -0.2) is 0 Å². The van der Waals surface area contributed by atoms with Gasteiger partial charge in [0, 0.05) is 0 Å². The van der Waals surface area contributed by atoms with Gasteiger partial charge in [0.25, 0.3) is 0 Å². The van der Waals surface area contributed by atoms with Crippen molar-refractivity contribution in [1.29, 1.82) is 0 Å². The molecule has 0 radical (unpaired) electrons. The highest BCUT2D eigenvalue weighted by atomic mass is 14.5. The van der Waals surface area contributed by atoms with Crippen molar-refractivity contribution in [3.8, 4) is 22.3 Å². The van der Waals surface area contributed by atoms with Crippen LogP contribution in [0.2, 0.25) is 0 Å². The van der Waals surface area contributed by atoms with E-state index in [4.69, 9.17) is 0 Å². The van der Waals surface area contributed by atoms with E-state index < -0.39 is 5.41 Å². The average molecular weight is 801 g/mol. The standard InChI is InChI=1S/C47H38.C15H18/c1-4-15-33-27-29-34(30-28-33)38-23-14-24-41-39-21-10-12-25-44(39)47(46(38)41)43(16-5-2)42(40-22-11-13-26-45(40)47)31-35-18-7-6-17-32(3)36-19-8-9-20-37(35)36;1-5-9-12(3)14(6-2)15-11-8-7-10-13(15)4/h5-14,16-31H,3-4,15H2,1-2H3;5-11H,1H2,2-4H3/b16-5+,17-6-,18-7-,35-31+;12-9-,14-6+. The molecule has 0 saturated carbocycles. The first-order valence-electron chi connectivity index (χ1n) is 22.0. The van der Waals surface area contributed by atoms with Crippen LogP contribution >= 0.6 is 0 Å². The topological polar surface area (TPSA) is 0 Å². The predicted octanol–water partition coefficient (Wildman–Crippen LogP) is 16.7. The minimum Gasteiger partial charge on any atom is -0.0991 e. The molecule has 6 aromatic rings. The van der Waals surface area contributed by atoms with Crippen molar-refractivity contribution >= 4 is 22.3 Å². The van der Waals surface area contributed by atoms with Crippen LogP contribution in [0.5, 0.6) is 0 Å².